The lowest BCUT2D eigenvalue weighted by Crippen LogP contribution is -2.06. The van der Waals surface area contributed by atoms with E-state index in [4.69, 9.17) is 0 Å². The third-order valence-corrected chi connectivity index (χ3v) is 3.26. The second-order valence-electron chi connectivity index (χ2n) is 4.22. The number of carbonyl (C=O) groups is 1. The van der Waals surface area contributed by atoms with Crippen LogP contribution in [-0.4, -0.2) is 15.6 Å². The number of benzene rings is 1. The monoisotopic (exact) mass is 306 g/mol. The summed E-state index contributed by atoms with van der Waals surface area (Å²) in [7, 11) is 0. The Morgan fingerprint density at radius 1 is 1.22 bits per heavy atom. The van der Waals surface area contributed by atoms with Gasteiger partial charge in [-0.25, -0.2) is 0 Å². The minimum absolute atomic E-state index is 0.216. The first kappa shape index (κ1) is 13.0. The Kier molecular flexibility index (Phi) is 4.31. The molecule has 0 aliphatic rings. The van der Waals surface area contributed by atoms with Crippen LogP contribution in [0.1, 0.15) is 18.1 Å². The van der Waals surface area contributed by atoms with E-state index in [1.165, 1.54) is 0 Å². The van der Waals surface area contributed by atoms with Crippen LogP contribution in [0.3, 0.4) is 0 Å². The van der Waals surface area contributed by atoms with Crippen molar-refractivity contribution in [3.8, 4) is 0 Å². The largest absolute Gasteiger partial charge is 0.299 e. The number of halogens is 1. The van der Waals surface area contributed by atoms with E-state index in [1.54, 1.807) is 6.20 Å². The number of ketones is 1. The molecule has 2 aromatic rings. The van der Waals surface area contributed by atoms with E-state index >= 15 is 0 Å². The van der Waals surface area contributed by atoms with Crippen LogP contribution >= 0.6 is 15.9 Å². The van der Waals surface area contributed by atoms with Crippen LogP contribution in [0.15, 0.2) is 41.1 Å². The molecule has 1 heterocycles. The van der Waals surface area contributed by atoms with Crippen LogP contribution in [-0.2, 0) is 24.2 Å². The number of Topliss-reactive ketones (excluding diaryl/α,β-unsaturated/α-hetero) is 1. The zero-order chi connectivity index (χ0) is 13.0. The quantitative estimate of drug-likeness (QED) is 0.851. The number of carbonyl (C=O) groups excluding carboxylic acids is 1. The number of hydrogen-bond donors (Lipinski definition) is 0. The van der Waals surface area contributed by atoms with Gasteiger partial charge in [-0.1, -0.05) is 28.1 Å². The summed E-state index contributed by atoms with van der Waals surface area (Å²) < 4.78 is 2.87. The first-order valence-electron chi connectivity index (χ1n) is 5.95. The first-order valence-corrected chi connectivity index (χ1v) is 6.74. The molecule has 0 unspecified atom stereocenters. The SMILES string of the molecule is CCn1cc(CC(=O)Cc2ccc(Br)cc2)cn1. The molecule has 3 nitrogen and oxygen atoms in total. The van der Waals surface area contributed by atoms with E-state index in [2.05, 4.69) is 21.0 Å². The molecule has 0 fully saturated rings. The molecular weight excluding hydrogens is 292 g/mol. The molecule has 0 bridgehead atoms. The van der Waals surface area contributed by atoms with Crippen LogP contribution in [0.25, 0.3) is 0 Å². The summed E-state index contributed by atoms with van der Waals surface area (Å²) in [6.45, 7) is 2.86. The number of hydrogen-bond acceptors (Lipinski definition) is 2. The zero-order valence-corrected chi connectivity index (χ0v) is 11.9. The molecule has 94 valence electrons. The Labute approximate surface area is 115 Å². The Balaban J connectivity index is 1.94. The molecule has 0 saturated heterocycles. The van der Waals surface area contributed by atoms with Gasteiger partial charge in [0, 0.05) is 30.1 Å². The van der Waals surface area contributed by atoms with Crippen LogP contribution in [0.5, 0.6) is 0 Å². The summed E-state index contributed by atoms with van der Waals surface area (Å²) in [6.07, 6.45) is 4.63. The molecule has 0 atom stereocenters. The maximum atomic E-state index is 11.9. The highest BCUT2D eigenvalue weighted by Crippen LogP contribution is 2.12. The smallest absolute Gasteiger partial charge is 0.141 e. The zero-order valence-electron chi connectivity index (χ0n) is 10.3. The maximum Gasteiger partial charge on any atom is 0.141 e. The van der Waals surface area contributed by atoms with Gasteiger partial charge in [0.05, 0.1) is 6.20 Å². The fraction of sp³-hybridized carbons (Fsp3) is 0.286. The van der Waals surface area contributed by atoms with E-state index in [0.29, 0.717) is 12.8 Å². The van der Waals surface area contributed by atoms with Crippen LogP contribution < -0.4 is 0 Å². The summed E-state index contributed by atoms with van der Waals surface area (Å²) in [5, 5.41) is 4.16. The third-order valence-electron chi connectivity index (χ3n) is 2.73. The van der Waals surface area contributed by atoms with Crippen LogP contribution in [0.2, 0.25) is 0 Å². The minimum atomic E-state index is 0.216. The lowest BCUT2D eigenvalue weighted by molar-refractivity contribution is -0.117. The van der Waals surface area contributed by atoms with Gasteiger partial charge in [0.15, 0.2) is 0 Å². The third kappa shape index (κ3) is 3.53. The number of aromatic nitrogens is 2. The summed E-state index contributed by atoms with van der Waals surface area (Å²) >= 11 is 3.38. The van der Waals surface area contributed by atoms with Crippen molar-refractivity contribution in [2.75, 3.05) is 0 Å². The highest BCUT2D eigenvalue weighted by molar-refractivity contribution is 9.10. The van der Waals surface area contributed by atoms with Gasteiger partial charge >= 0.3 is 0 Å². The molecule has 0 N–H and O–H groups in total. The first-order chi connectivity index (χ1) is 8.67. The molecule has 0 amide bonds. The standard InChI is InChI=1S/C14H15BrN2O/c1-2-17-10-12(9-16-17)8-14(18)7-11-3-5-13(15)6-4-11/h3-6,9-10H,2,7-8H2,1H3. The van der Waals surface area contributed by atoms with E-state index < -0.39 is 0 Å². The van der Waals surface area contributed by atoms with E-state index in [9.17, 15) is 4.79 Å². The summed E-state index contributed by atoms with van der Waals surface area (Å²) in [4.78, 5) is 11.9. The summed E-state index contributed by atoms with van der Waals surface area (Å²) in [5.41, 5.74) is 2.03. The topological polar surface area (TPSA) is 34.9 Å². The van der Waals surface area contributed by atoms with Crippen molar-refractivity contribution in [2.24, 2.45) is 0 Å². The van der Waals surface area contributed by atoms with Crippen molar-refractivity contribution in [2.45, 2.75) is 26.3 Å². The number of rotatable bonds is 5. The van der Waals surface area contributed by atoms with Crippen molar-refractivity contribution in [1.82, 2.24) is 9.78 Å². The Morgan fingerprint density at radius 2 is 1.89 bits per heavy atom. The van der Waals surface area contributed by atoms with Crippen molar-refractivity contribution < 1.29 is 4.79 Å². The molecule has 2 rings (SSSR count). The average Bonchev–Trinajstić information content (AvgIpc) is 2.79. The van der Waals surface area contributed by atoms with Gasteiger partial charge in [0.25, 0.3) is 0 Å². The van der Waals surface area contributed by atoms with Crippen LogP contribution in [0, 0.1) is 0 Å². The fourth-order valence-electron chi connectivity index (χ4n) is 1.79. The molecule has 0 aliphatic heterocycles. The van der Waals surface area contributed by atoms with E-state index in [1.807, 2.05) is 42.1 Å². The highest BCUT2D eigenvalue weighted by Gasteiger charge is 2.07. The normalized spacial score (nSPS) is 10.6. The van der Waals surface area contributed by atoms with Crippen molar-refractivity contribution >= 4 is 21.7 Å². The Morgan fingerprint density at radius 3 is 2.50 bits per heavy atom. The van der Waals surface area contributed by atoms with Gasteiger partial charge in [0.2, 0.25) is 0 Å². The highest BCUT2D eigenvalue weighted by atomic mass is 79.9. The van der Waals surface area contributed by atoms with E-state index in [-0.39, 0.29) is 5.78 Å². The van der Waals surface area contributed by atoms with Gasteiger partial charge in [-0.15, -0.1) is 0 Å². The minimum Gasteiger partial charge on any atom is -0.299 e. The molecule has 1 aromatic carbocycles. The van der Waals surface area contributed by atoms with E-state index in [0.717, 1.165) is 22.1 Å². The Bertz CT molecular complexity index is 531. The van der Waals surface area contributed by atoms with Gasteiger partial charge in [-0.3, -0.25) is 9.48 Å². The molecular formula is C14H15BrN2O. The molecule has 1 aromatic heterocycles. The predicted molar refractivity (Wildman–Crippen MR) is 74.5 cm³/mol. The molecule has 18 heavy (non-hydrogen) atoms. The molecule has 0 aliphatic carbocycles. The Hall–Kier alpha value is -1.42. The van der Waals surface area contributed by atoms with Gasteiger partial charge in [-0.2, -0.15) is 5.10 Å². The van der Waals surface area contributed by atoms with Crippen molar-refractivity contribution in [3.63, 3.8) is 0 Å². The molecule has 0 radical (unpaired) electrons. The van der Waals surface area contributed by atoms with Crippen molar-refractivity contribution in [1.29, 1.82) is 0 Å². The number of nitrogens with zero attached hydrogens (tertiary/aromatic N) is 2. The maximum absolute atomic E-state index is 11.9. The number of aryl methyl sites for hydroxylation is 1. The van der Waals surface area contributed by atoms with Gasteiger partial charge < -0.3 is 0 Å². The van der Waals surface area contributed by atoms with Crippen LogP contribution in [0.4, 0.5) is 0 Å². The lowest BCUT2D eigenvalue weighted by atomic mass is 10.1. The second-order valence-corrected chi connectivity index (χ2v) is 5.14. The molecule has 0 spiro atoms. The van der Waals surface area contributed by atoms with Crippen molar-refractivity contribution in [3.05, 3.63) is 52.3 Å². The molecule has 0 saturated carbocycles. The lowest BCUT2D eigenvalue weighted by Gasteiger charge is -2.00. The fourth-order valence-corrected chi connectivity index (χ4v) is 2.06. The summed E-state index contributed by atoms with van der Waals surface area (Å²) in [5.74, 6) is 0.216. The molecule has 4 heteroatoms. The second kappa shape index (κ2) is 5.96. The predicted octanol–water partition coefficient (Wildman–Crippen LogP) is 3.02. The average molecular weight is 307 g/mol. The van der Waals surface area contributed by atoms with Gasteiger partial charge in [0.1, 0.15) is 5.78 Å². The van der Waals surface area contributed by atoms with Gasteiger partial charge in [-0.05, 0) is 30.2 Å². The summed E-state index contributed by atoms with van der Waals surface area (Å²) in [6, 6.07) is 7.85.